The molecule has 0 saturated heterocycles. The highest BCUT2D eigenvalue weighted by Gasteiger charge is 2.18. The summed E-state index contributed by atoms with van der Waals surface area (Å²) in [7, 11) is 0. The third kappa shape index (κ3) is 5.07. The molecule has 3 aromatic carbocycles. The first-order valence-corrected chi connectivity index (χ1v) is 11.2. The number of aromatic nitrogens is 3. The van der Waals surface area contributed by atoms with E-state index >= 15 is 0 Å². The zero-order valence-corrected chi connectivity index (χ0v) is 18.7. The standard InChI is InChI=1S/C24H19ClN4O2S/c1-16(30)26-20-13-9-18(10-14-20)23-27-28-24(29(23)21-5-3-2-4-6-21)32-15-22(31)17-7-11-19(25)12-8-17/h2-14H,15H2,1H3,(H,26,30). The summed E-state index contributed by atoms with van der Waals surface area (Å²) >= 11 is 7.24. The van der Waals surface area contributed by atoms with E-state index in [9.17, 15) is 9.59 Å². The minimum Gasteiger partial charge on any atom is -0.326 e. The van der Waals surface area contributed by atoms with Gasteiger partial charge in [-0.1, -0.05) is 41.6 Å². The van der Waals surface area contributed by atoms with Gasteiger partial charge in [0.15, 0.2) is 16.8 Å². The van der Waals surface area contributed by atoms with E-state index in [1.165, 1.54) is 18.7 Å². The predicted molar refractivity (Wildman–Crippen MR) is 128 cm³/mol. The highest BCUT2D eigenvalue weighted by Crippen LogP contribution is 2.29. The highest BCUT2D eigenvalue weighted by atomic mass is 35.5. The summed E-state index contributed by atoms with van der Waals surface area (Å²) in [6.07, 6.45) is 0. The molecule has 0 aliphatic rings. The molecule has 0 atom stereocenters. The Morgan fingerprint density at radius 1 is 0.938 bits per heavy atom. The number of para-hydroxylation sites is 1. The minimum atomic E-state index is -0.130. The number of hydrogen-bond acceptors (Lipinski definition) is 5. The molecule has 0 fully saturated rings. The van der Waals surface area contributed by atoms with Crippen molar-refractivity contribution in [3.05, 3.63) is 89.4 Å². The number of thioether (sulfide) groups is 1. The molecule has 0 spiro atoms. The lowest BCUT2D eigenvalue weighted by atomic mass is 10.1. The van der Waals surface area contributed by atoms with Gasteiger partial charge in [0.1, 0.15) is 0 Å². The van der Waals surface area contributed by atoms with Crippen molar-refractivity contribution >= 4 is 40.7 Å². The monoisotopic (exact) mass is 462 g/mol. The van der Waals surface area contributed by atoms with Crippen molar-refractivity contribution in [2.24, 2.45) is 0 Å². The Hall–Kier alpha value is -3.42. The van der Waals surface area contributed by atoms with Gasteiger partial charge in [-0.05, 0) is 60.7 Å². The van der Waals surface area contributed by atoms with Gasteiger partial charge in [-0.25, -0.2) is 0 Å². The quantitative estimate of drug-likeness (QED) is 0.289. The molecule has 4 rings (SSSR count). The topological polar surface area (TPSA) is 76.9 Å². The van der Waals surface area contributed by atoms with E-state index in [-0.39, 0.29) is 17.4 Å². The number of anilines is 1. The summed E-state index contributed by atoms with van der Waals surface area (Å²) < 4.78 is 1.92. The molecule has 1 amide bonds. The molecule has 4 aromatic rings. The molecule has 160 valence electrons. The molecule has 1 heterocycles. The third-order valence-corrected chi connectivity index (χ3v) is 5.79. The fourth-order valence-corrected chi connectivity index (χ4v) is 4.09. The molecular weight excluding hydrogens is 444 g/mol. The normalized spacial score (nSPS) is 10.7. The van der Waals surface area contributed by atoms with Crippen LogP contribution in [0.4, 0.5) is 5.69 Å². The lowest BCUT2D eigenvalue weighted by Gasteiger charge is -2.11. The zero-order valence-electron chi connectivity index (χ0n) is 17.2. The SMILES string of the molecule is CC(=O)Nc1ccc(-c2nnc(SCC(=O)c3ccc(Cl)cc3)n2-c2ccccc2)cc1. The van der Waals surface area contributed by atoms with Crippen LogP contribution in [0, 0.1) is 0 Å². The van der Waals surface area contributed by atoms with E-state index in [1.807, 2.05) is 59.2 Å². The molecule has 32 heavy (non-hydrogen) atoms. The number of rotatable bonds is 7. The van der Waals surface area contributed by atoms with Gasteiger partial charge in [0, 0.05) is 34.4 Å². The Kier molecular flexibility index (Phi) is 6.68. The van der Waals surface area contributed by atoms with Crippen LogP contribution in [0.15, 0.2) is 84.0 Å². The fourth-order valence-electron chi connectivity index (χ4n) is 3.12. The van der Waals surface area contributed by atoms with Crippen LogP contribution in [-0.4, -0.2) is 32.2 Å². The van der Waals surface area contributed by atoms with Crippen molar-refractivity contribution in [2.45, 2.75) is 12.1 Å². The van der Waals surface area contributed by atoms with E-state index < -0.39 is 0 Å². The van der Waals surface area contributed by atoms with Crippen LogP contribution >= 0.6 is 23.4 Å². The number of hydrogen-bond donors (Lipinski definition) is 1. The lowest BCUT2D eigenvalue weighted by Crippen LogP contribution is -2.06. The Bertz CT molecular complexity index is 1240. The molecule has 0 aliphatic carbocycles. The number of carbonyl (C=O) groups excluding carboxylic acids is 2. The Morgan fingerprint density at radius 3 is 2.28 bits per heavy atom. The van der Waals surface area contributed by atoms with E-state index in [2.05, 4.69) is 15.5 Å². The van der Waals surface area contributed by atoms with Crippen LogP contribution < -0.4 is 5.32 Å². The van der Waals surface area contributed by atoms with Gasteiger partial charge in [0.25, 0.3) is 0 Å². The maximum atomic E-state index is 12.6. The number of ketones is 1. The van der Waals surface area contributed by atoms with E-state index in [4.69, 9.17) is 11.6 Å². The van der Waals surface area contributed by atoms with Crippen molar-refractivity contribution in [3.8, 4) is 17.1 Å². The molecule has 8 heteroatoms. The number of nitrogens with one attached hydrogen (secondary N) is 1. The van der Waals surface area contributed by atoms with Crippen molar-refractivity contribution in [1.82, 2.24) is 14.8 Å². The number of halogens is 1. The lowest BCUT2D eigenvalue weighted by molar-refractivity contribution is -0.114. The smallest absolute Gasteiger partial charge is 0.221 e. The Balaban J connectivity index is 1.63. The zero-order chi connectivity index (χ0) is 22.5. The molecule has 0 unspecified atom stereocenters. The van der Waals surface area contributed by atoms with Gasteiger partial charge in [-0.3, -0.25) is 14.2 Å². The second-order valence-electron chi connectivity index (χ2n) is 6.95. The summed E-state index contributed by atoms with van der Waals surface area (Å²) in [6.45, 7) is 1.47. The third-order valence-electron chi connectivity index (χ3n) is 4.61. The number of carbonyl (C=O) groups is 2. The molecule has 1 aromatic heterocycles. The van der Waals surface area contributed by atoms with Crippen LogP contribution in [0.2, 0.25) is 5.02 Å². The average molecular weight is 463 g/mol. The van der Waals surface area contributed by atoms with E-state index in [0.717, 1.165) is 11.3 Å². The van der Waals surface area contributed by atoms with Gasteiger partial charge in [0.2, 0.25) is 5.91 Å². The van der Waals surface area contributed by atoms with Crippen LogP contribution in [0.1, 0.15) is 17.3 Å². The second kappa shape index (κ2) is 9.80. The number of amides is 1. The first kappa shape index (κ1) is 21.8. The number of nitrogens with zero attached hydrogens (tertiary/aromatic N) is 3. The van der Waals surface area contributed by atoms with Crippen LogP contribution in [-0.2, 0) is 4.79 Å². The molecule has 1 N–H and O–H groups in total. The molecule has 0 radical (unpaired) electrons. The van der Waals surface area contributed by atoms with Crippen LogP contribution in [0.3, 0.4) is 0 Å². The Labute approximate surface area is 194 Å². The van der Waals surface area contributed by atoms with Crippen LogP contribution in [0.5, 0.6) is 0 Å². The van der Waals surface area contributed by atoms with Gasteiger partial charge in [-0.2, -0.15) is 0 Å². The predicted octanol–water partition coefficient (Wildman–Crippen LogP) is 5.52. The largest absolute Gasteiger partial charge is 0.326 e. The molecule has 0 bridgehead atoms. The fraction of sp³-hybridized carbons (Fsp3) is 0.0833. The van der Waals surface area contributed by atoms with Crippen molar-refractivity contribution in [2.75, 3.05) is 11.1 Å². The maximum absolute atomic E-state index is 12.6. The first-order chi connectivity index (χ1) is 15.5. The Morgan fingerprint density at radius 2 is 1.62 bits per heavy atom. The summed E-state index contributed by atoms with van der Waals surface area (Å²) in [4.78, 5) is 23.9. The number of Topliss-reactive ketones (excluding diaryl/α,β-unsaturated/α-hetero) is 1. The van der Waals surface area contributed by atoms with Gasteiger partial charge in [-0.15, -0.1) is 10.2 Å². The molecule has 0 saturated carbocycles. The van der Waals surface area contributed by atoms with Crippen molar-refractivity contribution in [1.29, 1.82) is 0 Å². The second-order valence-corrected chi connectivity index (χ2v) is 8.33. The number of benzene rings is 3. The first-order valence-electron chi connectivity index (χ1n) is 9.82. The van der Waals surface area contributed by atoms with E-state index in [1.54, 1.807) is 24.3 Å². The maximum Gasteiger partial charge on any atom is 0.221 e. The highest BCUT2D eigenvalue weighted by molar-refractivity contribution is 7.99. The molecular formula is C24H19ClN4O2S. The van der Waals surface area contributed by atoms with Gasteiger partial charge in [0.05, 0.1) is 5.75 Å². The van der Waals surface area contributed by atoms with Gasteiger partial charge < -0.3 is 5.32 Å². The summed E-state index contributed by atoms with van der Waals surface area (Å²) in [5.41, 5.74) is 3.03. The summed E-state index contributed by atoms with van der Waals surface area (Å²) in [6, 6.07) is 24.0. The van der Waals surface area contributed by atoms with Crippen LogP contribution in [0.25, 0.3) is 17.1 Å². The molecule has 0 aliphatic heterocycles. The van der Waals surface area contributed by atoms with Crippen molar-refractivity contribution in [3.63, 3.8) is 0 Å². The minimum absolute atomic E-state index is 0.0181. The average Bonchev–Trinajstić information content (AvgIpc) is 3.22. The summed E-state index contributed by atoms with van der Waals surface area (Å²) in [5.74, 6) is 0.713. The molecule has 6 nitrogen and oxygen atoms in total. The summed E-state index contributed by atoms with van der Waals surface area (Å²) in [5, 5.41) is 12.7. The van der Waals surface area contributed by atoms with Crippen molar-refractivity contribution < 1.29 is 9.59 Å². The van der Waals surface area contributed by atoms with Gasteiger partial charge >= 0.3 is 0 Å². The van der Waals surface area contributed by atoms with E-state index in [0.29, 0.717) is 27.3 Å².